The van der Waals surface area contributed by atoms with Crippen molar-refractivity contribution >= 4 is 0 Å². The summed E-state index contributed by atoms with van der Waals surface area (Å²) in [6.07, 6.45) is -1.17. The van der Waals surface area contributed by atoms with Gasteiger partial charge in [-0.1, -0.05) is 25.5 Å². The summed E-state index contributed by atoms with van der Waals surface area (Å²) in [6.45, 7) is 1.94. The highest BCUT2D eigenvalue weighted by Crippen LogP contribution is 2.25. The zero-order valence-corrected chi connectivity index (χ0v) is 8.51. The summed E-state index contributed by atoms with van der Waals surface area (Å²) in [5.41, 5.74) is 5.71. The molecular weight excluding hydrogens is 203 g/mol. The summed E-state index contributed by atoms with van der Waals surface area (Å²) in [4.78, 5) is 0. The van der Waals surface area contributed by atoms with Crippen LogP contribution in [-0.2, 0) is 0 Å². The van der Waals surface area contributed by atoms with Crippen LogP contribution in [0.4, 0.5) is 13.2 Å². The minimum absolute atomic E-state index is 0.306. The molecule has 0 aliphatic carbocycles. The molecule has 1 aromatic carbocycles. The van der Waals surface area contributed by atoms with Gasteiger partial charge in [0.05, 0.1) is 0 Å². The zero-order valence-electron chi connectivity index (χ0n) is 8.51. The van der Waals surface area contributed by atoms with E-state index in [2.05, 4.69) is 0 Å². The molecule has 0 heterocycles. The first-order chi connectivity index (χ1) is 7.06. The van der Waals surface area contributed by atoms with E-state index in [4.69, 9.17) is 5.73 Å². The summed E-state index contributed by atoms with van der Waals surface area (Å²) in [6, 6.07) is 3.01. The molecule has 4 heteroatoms. The van der Waals surface area contributed by atoms with Crippen molar-refractivity contribution in [2.24, 2.45) is 5.73 Å². The molecule has 0 spiro atoms. The lowest BCUT2D eigenvalue weighted by atomic mass is 10.0. The summed E-state index contributed by atoms with van der Waals surface area (Å²) < 4.78 is 37.8. The third-order valence-electron chi connectivity index (χ3n) is 2.28. The van der Waals surface area contributed by atoms with E-state index in [0.717, 1.165) is 12.5 Å². The summed E-state index contributed by atoms with van der Waals surface area (Å²) in [7, 11) is 0. The molecule has 0 saturated heterocycles. The highest BCUT2D eigenvalue weighted by atomic mass is 19.3. The minimum Gasteiger partial charge on any atom is -0.324 e. The Hall–Kier alpha value is -1.03. The van der Waals surface area contributed by atoms with E-state index >= 15 is 0 Å². The number of alkyl halides is 2. The second-order valence-corrected chi connectivity index (χ2v) is 3.48. The molecule has 0 aromatic heterocycles. The molecule has 0 aliphatic heterocycles. The fourth-order valence-corrected chi connectivity index (χ4v) is 1.45. The van der Waals surface area contributed by atoms with Crippen LogP contribution in [-0.4, -0.2) is 0 Å². The molecule has 1 atom stereocenters. The average Bonchev–Trinajstić information content (AvgIpc) is 2.17. The van der Waals surface area contributed by atoms with Gasteiger partial charge in [-0.15, -0.1) is 0 Å². The van der Waals surface area contributed by atoms with Gasteiger partial charge < -0.3 is 5.73 Å². The predicted octanol–water partition coefficient (Wildman–Crippen LogP) is 3.56. The Morgan fingerprint density at radius 2 is 2.00 bits per heavy atom. The van der Waals surface area contributed by atoms with Gasteiger partial charge in [0.2, 0.25) is 0 Å². The van der Waals surface area contributed by atoms with Crippen LogP contribution in [0.3, 0.4) is 0 Å². The van der Waals surface area contributed by atoms with Crippen LogP contribution < -0.4 is 5.73 Å². The Balaban J connectivity index is 2.92. The average molecular weight is 217 g/mol. The van der Waals surface area contributed by atoms with Crippen LogP contribution in [0, 0.1) is 5.82 Å². The van der Waals surface area contributed by atoms with Gasteiger partial charge in [0, 0.05) is 17.2 Å². The molecule has 84 valence electrons. The van der Waals surface area contributed by atoms with Gasteiger partial charge in [-0.25, -0.2) is 13.2 Å². The zero-order chi connectivity index (χ0) is 11.4. The predicted molar refractivity (Wildman–Crippen MR) is 53.2 cm³/mol. The standard InChI is InChI=1S/C11H14F3N/c1-2-3-10(15)8-5-4-7(11(13)14)6-9(8)12/h4-6,10-11H,2-3,15H2,1H3/t10-/m1/s1. The maximum Gasteiger partial charge on any atom is 0.263 e. The highest BCUT2D eigenvalue weighted by molar-refractivity contribution is 5.27. The maximum absolute atomic E-state index is 13.4. The van der Waals surface area contributed by atoms with E-state index in [9.17, 15) is 13.2 Å². The van der Waals surface area contributed by atoms with E-state index in [0.29, 0.717) is 12.0 Å². The monoisotopic (exact) mass is 217 g/mol. The van der Waals surface area contributed by atoms with Crippen molar-refractivity contribution in [2.75, 3.05) is 0 Å². The molecule has 1 rings (SSSR count). The Morgan fingerprint density at radius 1 is 1.33 bits per heavy atom. The number of halogens is 3. The van der Waals surface area contributed by atoms with Crippen LogP contribution in [0.2, 0.25) is 0 Å². The lowest BCUT2D eigenvalue weighted by Gasteiger charge is -2.12. The molecule has 1 aromatic rings. The van der Waals surface area contributed by atoms with Crippen LogP contribution in [0.5, 0.6) is 0 Å². The Labute approximate surface area is 87.1 Å². The van der Waals surface area contributed by atoms with Gasteiger partial charge in [-0.05, 0) is 12.5 Å². The molecule has 0 bridgehead atoms. The molecular formula is C11H14F3N. The third-order valence-corrected chi connectivity index (χ3v) is 2.28. The molecule has 0 unspecified atom stereocenters. The Morgan fingerprint density at radius 3 is 2.47 bits per heavy atom. The van der Waals surface area contributed by atoms with Crippen molar-refractivity contribution in [3.63, 3.8) is 0 Å². The Bertz CT molecular complexity index is 326. The van der Waals surface area contributed by atoms with Crippen LogP contribution in [0.15, 0.2) is 18.2 Å². The first kappa shape index (κ1) is 12.0. The van der Waals surface area contributed by atoms with Gasteiger partial charge in [0.15, 0.2) is 0 Å². The normalized spacial score (nSPS) is 13.2. The van der Waals surface area contributed by atoms with Crippen molar-refractivity contribution < 1.29 is 13.2 Å². The number of hydrogen-bond donors (Lipinski definition) is 1. The summed E-state index contributed by atoms with van der Waals surface area (Å²) >= 11 is 0. The molecule has 0 amide bonds. The quantitative estimate of drug-likeness (QED) is 0.819. The van der Waals surface area contributed by atoms with E-state index in [1.807, 2.05) is 6.92 Å². The van der Waals surface area contributed by atoms with E-state index in [-0.39, 0.29) is 5.56 Å². The van der Waals surface area contributed by atoms with E-state index < -0.39 is 18.3 Å². The van der Waals surface area contributed by atoms with Crippen molar-refractivity contribution in [3.05, 3.63) is 35.1 Å². The van der Waals surface area contributed by atoms with Crippen molar-refractivity contribution in [3.8, 4) is 0 Å². The second kappa shape index (κ2) is 5.16. The molecule has 2 N–H and O–H groups in total. The molecule has 0 fully saturated rings. The number of benzene rings is 1. The first-order valence-electron chi connectivity index (χ1n) is 4.89. The lowest BCUT2D eigenvalue weighted by Crippen LogP contribution is -2.11. The molecule has 0 aliphatic rings. The van der Waals surface area contributed by atoms with E-state index in [1.54, 1.807) is 0 Å². The molecule has 15 heavy (non-hydrogen) atoms. The summed E-state index contributed by atoms with van der Waals surface area (Å²) in [5, 5.41) is 0. The van der Waals surface area contributed by atoms with Crippen molar-refractivity contribution in [2.45, 2.75) is 32.2 Å². The van der Waals surface area contributed by atoms with Gasteiger partial charge in [0.25, 0.3) is 6.43 Å². The van der Waals surface area contributed by atoms with Gasteiger partial charge >= 0.3 is 0 Å². The smallest absolute Gasteiger partial charge is 0.263 e. The fourth-order valence-electron chi connectivity index (χ4n) is 1.45. The van der Waals surface area contributed by atoms with E-state index in [1.165, 1.54) is 12.1 Å². The second-order valence-electron chi connectivity index (χ2n) is 3.48. The van der Waals surface area contributed by atoms with Crippen LogP contribution >= 0.6 is 0 Å². The van der Waals surface area contributed by atoms with Crippen LogP contribution in [0.25, 0.3) is 0 Å². The number of hydrogen-bond acceptors (Lipinski definition) is 1. The summed E-state index contributed by atoms with van der Waals surface area (Å²) in [5.74, 6) is -0.645. The maximum atomic E-state index is 13.4. The fraction of sp³-hybridized carbons (Fsp3) is 0.455. The van der Waals surface area contributed by atoms with Crippen LogP contribution in [0.1, 0.15) is 43.4 Å². The van der Waals surface area contributed by atoms with Crippen molar-refractivity contribution in [1.82, 2.24) is 0 Å². The molecule has 1 nitrogen and oxygen atoms in total. The van der Waals surface area contributed by atoms with Gasteiger partial charge in [0.1, 0.15) is 5.82 Å². The molecule has 0 radical (unpaired) electrons. The van der Waals surface area contributed by atoms with Crippen molar-refractivity contribution in [1.29, 1.82) is 0 Å². The SMILES string of the molecule is CCC[C@@H](N)c1ccc(C(F)F)cc1F. The minimum atomic E-state index is -2.64. The largest absolute Gasteiger partial charge is 0.324 e. The first-order valence-corrected chi connectivity index (χ1v) is 4.89. The third kappa shape index (κ3) is 2.96. The Kier molecular flexibility index (Phi) is 4.15. The van der Waals surface area contributed by atoms with Gasteiger partial charge in [-0.3, -0.25) is 0 Å². The number of rotatable bonds is 4. The number of nitrogens with two attached hydrogens (primary N) is 1. The van der Waals surface area contributed by atoms with Gasteiger partial charge in [-0.2, -0.15) is 0 Å². The lowest BCUT2D eigenvalue weighted by molar-refractivity contribution is 0.151. The topological polar surface area (TPSA) is 26.0 Å². The highest BCUT2D eigenvalue weighted by Gasteiger charge is 2.14. The molecule has 0 saturated carbocycles.